The average molecular weight is 318 g/mol. The van der Waals surface area contributed by atoms with Gasteiger partial charge in [-0.15, -0.1) is 0 Å². The van der Waals surface area contributed by atoms with Crippen LogP contribution in [0.2, 0.25) is 0 Å². The van der Waals surface area contributed by atoms with Crippen LogP contribution in [0.15, 0.2) is 34.3 Å². The molecule has 0 aliphatic carbocycles. The number of oxazole rings is 1. The van der Waals surface area contributed by atoms with Gasteiger partial charge in [0.05, 0.1) is 12.5 Å². The molecule has 0 amide bonds. The van der Waals surface area contributed by atoms with Crippen LogP contribution in [0.3, 0.4) is 0 Å². The van der Waals surface area contributed by atoms with Gasteiger partial charge in [0.15, 0.2) is 5.96 Å². The molecule has 2 heterocycles. The molecule has 0 radical (unpaired) electrons. The van der Waals surface area contributed by atoms with Crippen molar-refractivity contribution in [1.82, 2.24) is 25.2 Å². The standard InChI is InChI=1S/C16H26N6O/c1-5-18-15(19-7-9-22-8-6-17-12-22)21-11-14-20-10-13(23-14)16(2,3)4/h6,8,10,12H,5,7,9,11H2,1-4H3,(H2,18,19,21). The van der Waals surface area contributed by atoms with E-state index in [2.05, 4.69) is 46.4 Å². The first-order valence-corrected chi connectivity index (χ1v) is 7.92. The summed E-state index contributed by atoms with van der Waals surface area (Å²) < 4.78 is 7.77. The van der Waals surface area contributed by atoms with E-state index in [9.17, 15) is 0 Å². The zero-order valence-corrected chi connectivity index (χ0v) is 14.3. The van der Waals surface area contributed by atoms with Gasteiger partial charge < -0.3 is 19.6 Å². The maximum Gasteiger partial charge on any atom is 0.216 e. The first-order valence-electron chi connectivity index (χ1n) is 7.92. The minimum atomic E-state index is -0.0392. The molecule has 7 heteroatoms. The fraction of sp³-hybridized carbons (Fsp3) is 0.562. The molecule has 0 aromatic carbocycles. The molecule has 0 unspecified atom stereocenters. The summed E-state index contributed by atoms with van der Waals surface area (Å²) in [6, 6.07) is 0. The monoisotopic (exact) mass is 318 g/mol. The van der Waals surface area contributed by atoms with E-state index < -0.39 is 0 Å². The minimum absolute atomic E-state index is 0.0392. The van der Waals surface area contributed by atoms with E-state index in [4.69, 9.17) is 4.42 Å². The van der Waals surface area contributed by atoms with Crippen molar-refractivity contribution in [2.45, 2.75) is 46.2 Å². The molecule has 2 aromatic rings. The molecule has 0 spiro atoms. The van der Waals surface area contributed by atoms with E-state index in [0.29, 0.717) is 12.4 Å². The first-order chi connectivity index (χ1) is 11.0. The molecule has 2 aromatic heterocycles. The van der Waals surface area contributed by atoms with Crippen molar-refractivity contribution < 1.29 is 4.42 Å². The average Bonchev–Trinajstić information content (AvgIpc) is 3.15. The number of aliphatic imine (C=N–C) groups is 1. The van der Waals surface area contributed by atoms with Crippen molar-refractivity contribution in [3.05, 3.63) is 36.6 Å². The molecule has 0 aliphatic rings. The SMILES string of the molecule is CCNC(=NCc1ncc(C(C)(C)C)o1)NCCn1ccnc1. The number of aromatic nitrogens is 3. The Balaban J connectivity index is 1.88. The fourth-order valence-corrected chi connectivity index (χ4v) is 1.94. The second-order valence-corrected chi connectivity index (χ2v) is 6.29. The van der Waals surface area contributed by atoms with E-state index in [-0.39, 0.29) is 5.41 Å². The van der Waals surface area contributed by atoms with Gasteiger partial charge in [-0.3, -0.25) is 0 Å². The summed E-state index contributed by atoms with van der Waals surface area (Å²) in [6.45, 7) is 11.1. The highest BCUT2D eigenvalue weighted by Crippen LogP contribution is 2.22. The van der Waals surface area contributed by atoms with E-state index >= 15 is 0 Å². The predicted molar refractivity (Wildman–Crippen MR) is 90.2 cm³/mol. The third kappa shape index (κ3) is 5.43. The number of nitrogens with one attached hydrogen (secondary N) is 2. The Hall–Kier alpha value is -2.31. The summed E-state index contributed by atoms with van der Waals surface area (Å²) in [5.74, 6) is 2.26. The van der Waals surface area contributed by atoms with Crippen LogP contribution in [-0.4, -0.2) is 33.6 Å². The molecule has 2 N–H and O–H groups in total. The maximum absolute atomic E-state index is 5.75. The Kier molecular flexibility index (Phi) is 5.78. The number of nitrogens with zero attached hydrogens (tertiary/aromatic N) is 4. The normalized spacial score (nSPS) is 12.4. The number of hydrogen-bond acceptors (Lipinski definition) is 4. The van der Waals surface area contributed by atoms with Crippen LogP contribution in [0.5, 0.6) is 0 Å². The van der Waals surface area contributed by atoms with Crippen molar-refractivity contribution >= 4 is 5.96 Å². The topological polar surface area (TPSA) is 80.3 Å². The molecule has 2 rings (SSSR count). The Morgan fingerprint density at radius 2 is 2.17 bits per heavy atom. The van der Waals surface area contributed by atoms with Crippen molar-refractivity contribution in [3.63, 3.8) is 0 Å². The summed E-state index contributed by atoms with van der Waals surface area (Å²) in [6.07, 6.45) is 7.29. The van der Waals surface area contributed by atoms with E-state index in [1.807, 2.05) is 17.7 Å². The lowest BCUT2D eigenvalue weighted by Gasteiger charge is -2.13. The van der Waals surface area contributed by atoms with E-state index in [0.717, 1.165) is 31.4 Å². The lowest BCUT2D eigenvalue weighted by atomic mass is 9.94. The Labute approximate surface area is 137 Å². The summed E-state index contributed by atoms with van der Waals surface area (Å²) in [4.78, 5) is 12.8. The number of hydrogen-bond donors (Lipinski definition) is 2. The number of imidazole rings is 1. The van der Waals surface area contributed by atoms with Gasteiger partial charge in [0.1, 0.15) is 12.3 Å². The van der Waals surface area contributed by atoms with Crippen LogP contribution in [-0.2, 0) is 18.5 Å². The van der Waals surface area contributed by atoms with Crippen LogP contribution in [0.25, 0.3) is 0 Å². The van der Waals surface area contributed by atoms with Gasteiger partial charge in [-0.2, -0.15) is 0 Å². The van der Waals surface area contributed by atoms with Crippen LogP contribution in [0.1, 0.15) is 39.3 Å². The van der Waals surface area contributed by atoms with Gasteiger partial charge >= 0.3 is 0 Å². The summed E-state index contributed by atoms with van der Waals surface area (Å²) >= 11 is 0. The van der Waals surface area contributed by atoms with Crippen LogP contribution < -0.4 is 10.6 Å². The maximum atomic E-state index is 5.75. The Morgan fingerprint density at radius 3 is 2.78 bits per heavy atom. The quantitative estimate of drug-likeness (QED) is 0.628. The molecule has 23 heavy (non-hydrogen) atoms. The highest BCUT2D eigenvalue weighted by Gasteiger charge is 2.18. The number of guanidine groups is 1. The van der Waals surface area contributed by atoms with Crippen LogP contribution in [0, 0.1) is 0 Å². The smallest absolute Gasteiger partial charge is 0.216 e. The van der Waals surface area contributed by atoms with Gasteiger partial charge in [0.2, 0.25) is 5.89 Å². The lowest BCUT2D eigenvalue weighted by Crippen LogP contribution is -2.38. The second-order valence-electron chi connectivity index (χ2n) is 6.29. The highest BCUT2D eigenvalue weighted by atomic mass is 16.4. The molecule has 126 valence electrons. The fourth-order valence-electron chi connectivity index (χ4n) is 1.94. The predicted octanol–water partition coefficient (Wildman–Crippen LogP) is 1.92. The number of rotatable bonds is 6. The Bertz CT molecular complexity index is 609. The van der Waals surface area contributed by atoms with Gasteiger partial charge in [-0.1, -0.05) is 20.8 Å². The highest BCUT2D eigenvalue weighted by molar-refractivity contribution is 5.79. The largest absolute Gasteiger partial charge is 0.443 e. The van der Waals surface area contributed by atoms with Crippen LogP contribution in [0.4, 0.5) is 0 Å². The zero-order chi connectivity index (χ0) is 16.7. The second kappa shape index (κ2) is 7.80. The van der Waals surface area contributed by atoms with Gasteiger partial charge in [-0.25, -0.2) is 15.0 Å². The molecule has 0 fully saturated rings. The van der Waals surface area contributed by atoms with E-state index in [1.54, 1.807) is 18.7 Å². The van der Waals surface area contributed by atoms with Gasteiger partial charge in [0, 0.05) is 37.4 Å². The molecule has 0 saturated heterocycles. The third-order valence-corrected chi connectivity index (χ3v) is 3.23. The van der Waals surface area contributed by atoms with Gasteiger partial charge in [-0.05, 0) is 6.92 Å². The van der Waals surface area contributed by atoms with Crippen LogP contribution >= 0.6 is 0 Å². The first kappa shape index (κ1) is 17.1. The molecule has 0 aliphatic heterocycles. The van der Waals surface area contributed by atoms with Gasteiger partial charge in [0.25, 0.3) is 0 Å². The molecule has 0 saturated carbocycles. The molecule has 0 bridgehead atoms. The molecule has 7 nitrogen and oxygen atoms in total. The zero-order valence-electron chi connectivity index (χ0n) is 14.3. The third-order valence-electron chi connectivity index (χ3n) is 3.23. The van der Waals surface area contributed by atoms with E-state index in [1.165, 1.54) is 0 Å². The summed E-state index contributed by atoms with van der Waals surface area (Å²) in [5, 5.41) is 6.50. The van der Waals surface area contributed by atoms with Crippen molar-refractivity contribution in [1.29, 1.82) is 0 Å². The van der Waals surface area contributed by atoms with Crippen molar-refractivity contribution in [2.75, 3.05) is 13.1 Å². The van der Waals surface area contributed by atoms with Crippen molar-refractivity contribution in [3.8, 4) is 0 Å². The summed E-state index contributed by atoms with van der Waals surface area (Å²) in [7, 11) is 0. The van der Waals surface area contributed by atoms with Crippen molar-refractivity contribution in [2.24, 2.45) is 4.99 Å². The minimum Gasteiger partial charge on any atom is -0.443 e. The summed E-state index contributed by atoms with van der Waals surface area (Å²) in [5.41, 5.74) is -0.0392. The molecular formula is C16H26N6O. The Morgan fingerprint density at radius 1 is 1.35 bits per heavy atom. The molecular weight excluding hydrogens is 292 g/mol. The lowest BCUT2D eigenvalue weighted by molar-refractivity contribution is 0.383. The molecule has 0 atom stereocenters.